The lowest BCUT2D eigenvalue weighted by Crippen LogP contribution is -2.28. The number of alkyl halides is 3. The van der Waals surface area contributed by atoms with Crippen molar-refractivity contribution in [1.82, 2.24) is 15.3 Å². The highest BCUT2D eigenvalue weighted by Gasteiger charge is 2.33. The van der Waals surface area contributed by atoms with Gasteiger partial charge in [0.15, 0.2) is 0 Å². The van der Waals surface area contributed by atoms with E-state index >= 15 is 0 Å². The number of hydrogen-bond donors (Lipinski definition) is 2. The quantitative estimate of drug-likeness (QED) is 0.874. The average molecular weight is 338 g/mol. The lowest BCUT2D eigenvalue weighted by molar-refractivity contribution is -0.136. The number of carbonyl (C=O) groups excluding carboxylic acids is 1. The van der Waals surface area contributed by atoms with Crippen LogP contribution in [0.4, 0.5) is 24.8 Å². The van der Waals surface area contributed by atoms with Crippen LogP contribution in [-0.4, -0.2) is 22.4 Å². The van der Waals surface area contributed by atoms with Crippen molar-refractivity contribution in [3.05, 3.63) is 47.8 Å². The first-order valence-electron chi connectivity index (χ1n) is 7.32. The Labute approximate surface area is 137 Å². The summed E-state index contributed by atoms with van der Waals surface area (Å²) in [4.78, 5) is 19.8. The molecule has 0 atom stereocenters. The van der Waals surface area contributed by atoms with Crippen LogP contribution in [0.25, 0.3) is 0 Å². The summed E-state index contributed by atoms with van der Waals surface area (Å²) in [6.07, 6.45) is -3.19. The summed E-state index contributed by atoms with van der Waals surface area (Å²) in [7, 11) is 0. The van der Waals surface area contributed by atoms with Crippen molar-refractivity contribution in [2.45, 2.75) is 20.0 Å². The van der Waals surface area contributed by atoms with E-state index in [-0.39, 0.29) is 23.2 Å². The van der Waals surface area contributed by atoms with E-state index in [4.69, 9.17) is 0 Å². The zero-order valence-electron chi connectivity index (χ0n) is 13.2. The second-order valence-corrected chi connectivity index (χ2v) is 5.54. The van der Waals surface area contributed by atoms with Gasteiger partial charge in [-0.05, 0) is 24.1 Å². The van der Waals surface area contributed by atoms with Crippen molar-refractivity contribution in [2.24, 2.45) is 5.92 Å². The molecule has 0 radical (unpaired) electrons. The zero-order valence-corrected chi connectivity index (χ0v) is 13.2. The molecule has 0 fully saturated rings. The van der Waals surface area contributed by atoms with Crippen LogP contribution < -0.4 is 10.6 Å². The highest BCUT2D eigenvalue weighted by atomic mass is 19.4. The molecule has 0 spiro atoms. The highest BCUT2D eigenvalue weighted by molar-refractivity contribution is 5.92. The van der Waals surface area contributed by atoms with Crippen LogP contribution in [0.15, 0.2) is 36.5 Å². The summed E-state index contributed by atoms with van der Waals surface area (Å²) in [5.74, 6) is -0.214. The molecular weight excluding hydrogens is 321 g/mol. The molecule has 0 aliphatic heterocycles. The summed E-state index contributed by atoms with van der Waals surface area (Å²) in [6.45, 7) is 4.37. The highest BCUT2D eigenvalue weighted by Crippen LogP contribution is 2.35. The zero-order chi connectivity index (χ0) is 17.7. The predicted molar refractivity (Wildman–Crippen MR) is 83.9 cm³/mol. The number of benzene rings is 1. The van der Waals surface area contributed by atoms with Crippen LogP contribution in [0.3, 0.4) is 0 Å². The Morgan fingerprint density at radius 3 is 2.58 bits per heavy atom. The Morgan fingerprint density at radius 1 is 1.21 bits per heavy atom. The molecular formula is C16H17F3N4O. The Kier molecular flexibility index (Phi) is 5.38. The lowest BCUT2D eigenvalue weighted by atomic mass is 10.1. The van der Waals surface area contributed by atoms with Gasteiger partial charge in [-0.2, -0.15) is 13.2 Å². The van der Waals surface area contributed by atoms with Gasteiger partial charge >= 0.3 is 6.18 Å². The molecule has 2 rings (SSSR count). The second-order valence-electron chi connectivity index (χ2n) is 5.54. The lowest BCUT2D eigenvalue weighted by Gasteiger charge is -2.13. The Balaban J connectivity index is 2.20. The number of anilines is 2. The van der Waals surface area contributed by atoms with Crippen LogP contribution in [0.2, 0.25) is 0 Å². The molecule has 1 aromatic carbocycles. The normalized spacial score (nSPS) is 11.4. The van der Waals surface area contributed by atoms with Gasteiger partial charge in [-0.15, -0.1) is 0 Å². The molecule has 2 N–H and O–H groups in total. The van der Waals surface area contributed by atoms with E-state index in [1.54, 1.807) is 0 Å². The number of aromatic nitrogens is 2. The molecule has 24 heavy (non-hydrogen) atoms. The first-order chi connectivity index (χ1) is 11.3. The minimum absolute atomic E-state index is 0.0797. The van der Waals surface area contributed by atoms with E-state index in [0.29, 0.717) is 6.54 Å². The van der Waals surface area contributed by atoms with Crippen molar-refractivity contribution in [3.8, 4) is 0 Å². The minimum atomic E-state index is -4.50. The van der Waals surface area contributed by atoms with Crippen molar-refractivity contribution in [3.63, 3.8) is 0 Å². The Hall–Kier alpha value is -2.64. The molecule has 128 valence electrons. The molecule has 0 saturated heterocycles. The van der Waals surface area contributed by atoms with Gasteiger partial charge in [0.05, 0.1) is 11.3 Å². The first-order valence-corrected chi connectivity index (χ1v) is 7.32. The number of nitrogens with zero attached hydrogens (tertiary/aromatic N) is 2. The summed E-state index contributed by atoms with van der Waals surface area (Å²) in [5.41, 5.74) is -0.925. The third-order valence-electron chi connectivity index (χ3n) is 3.04. The maximum Gasteiger partial charge on any atom is 0.418 e. The van der Waals surface area contributed by atoms with Crippen LogP contribution in [0.5, 0.6) is 0 Å². The van der Waals surface area contributed by atoms with Gasteiger partial charge in [0.1, 0.15) is 5.69 Å². The van der Waals surface area contributed by atoms with E-state index in [1.807, 2.05) is 13.8 Å². The number of nitrogens with one attached hydrogen (secondary N) is 2. The van der Waals surface area contributed by atoms with E-state index in [0.717, 1.165) is 6.07 Å². The summed E-state index contributed by atoms with van der Waals surface area (Å²) < 4.78 is 39.0. The average Bonchev–Trinajstić information content (AvgIpc) is 2.52. The van der Waals surface area contributed by atoms with Crippen molar-refractivity contribution < 1.29 is 18.0 Å². The van der Waals surface area contributed by atoms with Crippen LogP contribution in [0, 0.1) is 5.92 Å². The van der Waals surface area contributed by atoms with Gasteiger partial charge in [0, 0.05) is 12.7 Å². The maximum atomic E-state index is 13.0. The SMILES string of the molecule is CC(C)CNC(=O)c1ccnc(Nc2ccccc2C(F)(F)F)n1. The standard InChI is InChI=1S/C16H17F3N4O/c1-10(2)9-21-14(24)13-7-8-20-15(23-13)22-12-6-4-3-5-11(12)16(17,18)19/h3-8,10H,9H2,1-2H3,(H,21,24)(H,20,22,23). The topological polar surface area (TPSA) is 66.9 Å². The largest absolute Gasteiger partial charge is 0.418 e. The van der Waals surface area contributed by atoms with Crippen LogP contribution in [-0.2, 0) is 6.18 Å². The fourth-order valence-electron chi connectivity index (χ4n) is 1.89. The number of carbonyl (C=O) groups is 1. The van der Waals surface area contributed by atoms with E-state index < -0.39 is 17.6 Å². The van der Waals surface area contributed by atoms with E-state index in [2.05, 4.69) is 20.6 Å². The maximum absolute atomic E-state index is 13.0. The Bertz CT molecular complexity index is 716. The van der Waals surface area contributed by atoms with Gasteiger partial charge < -0.3 is 10.6 Å². The summed E-state index contributed by atoms with van der Waals surface area (Å²) >= 11 is 0. The number of rotatable bonds is 5. The molecule has 2 aromatic rings. The summed E-state index contributed by atoms with van der Waals surface area (Å²) in [6, 6.07) is 6.40. The predicted octanol–water partition coefficient (Wildman–Crippen LogP) is 3.62. The monoisotopic (exact) mass is 338 g/mol. The summed E-state index contributed by atoms with van der Waals surface area (Å²) in [5, 5.41) is 5.21. The number of para-hydroxylation sites is 1. The Morgan fingerprint density at radius 2 is 1.92 bits per heavy atom. The minimum Gasteiger partial charge on any atom is -0.350 e. The van der Waals surface area contributed by atoms with Crippen LogP contribution in [0.1, 0.15) is 29.9 Å². The van der Waals surface area contributed by atoms with Crippen molar-refractivity contribution in [1.29, 1.82) is 0 Å². The number of hydrogen-bond acceptors (Lipinski definition) is 4. The molecule has 0 unspecified atom stereocenters. The molecule has 1 heterocycles. The van der Waals surface area contributed by atoms with Gasteiger partial charge in [-0.25, -0.2) is 9.97 Å². The smallest absolute Gasteiger partial charge is 0.350 e. The van der Waals surface area contributed by atoms with Crippen LogP contribution >= 0.6 is 0 Å². The number of amides is 1. The second kappa shape index (κ2) is 7.29. The first kappa shape index (κ1) is 17.7. The molecule has 0 bridgehead atoms. The number of halogens is 3. The van der Waals surface area contributed by atoms with E-state index in [1.165, 1.54) is 30.5 Å². The van der Waals surface area contributed by atoms with Gasteiger partial charge in [-0.1, -0.05) is 26.0 Å². The fourth-order valence-corrected chi connectivity index (χ4v) is 1.89. The molecule has 1 amide bonds. The van der Waals surface area contributed by atoms with Gasteiger partial charge in [0.2, 0.25) is 5.95 Å². The van der Waals surface area contributed by atoms with E-state index in [9.17, 15) is 18.0 Å². The third kappa shape index (κ3) is 4.68. The van der Waals surface area contributed by atoms with Crippen molar-refractivity contribution >= 4 is 17.5 Å². The molecule has 0 aliphatic carbocycles. The molecule has 0 aliphatic rings. The molecule has 1 aromatic heterocycles. The molecule has 5 nitrogen and oxygen atoms in total. The van der Waals surface area contributed by atoms with Gasteiger partial charge in [-0.3, -0.25) is 4.79 Å². The van der Waals surface area contributed by atoms with Gasteiger partial charge in [0.25, 0.3) is 5.91 Å². The molecule has 0 saturated carbocycles. The molecule has 8 heteroatoms. The van der Waals surface area contributed by atoms with Crippen molar-refractivity contribution in [2.75, 3.05) is 11.9 Å². The fraction of sp³-hybridized carbons (Fsp3) is 0.312. The third-order valence-corrected chi connectivity index (χ3v) is 3.04.